The van der Waals surface area contributed by atoms with Crippen LogP contribution in [0.25, 0.3) is 0 Å². The van der Waals surface area contributed by atoms with Crippen LogP contribution in [0.5, 0.6) is 11.5 Å². The molecule has 0 N–H and O–H groups in total. The number of ether oxygens (including phenoxy) is 3. The first-order valence-electron chi connectivity index (χ1n) is 7.18. The molecule has 0 aromatic heterocycles. The molecule has 2 aromatic carbocycles. The van der Waals surface area contributed by atoms with Crippen LogP contribution >= 0.6 is 0 Å². The van der Waals surface area contributed by atoms with Gasteiger partial charge in [-0.2, -0.15) is 0 Å². The van der Waals surface area contributed by atoms with E-state index in [-0.39, 0.29) is 12.2 Å². The molecule has 3 heteroatoms. The van der Waals surface area contributed by atoms with E-state index in [0.717, 1.165) is 29.0 Å². The lowest BCUT2D eigenvalue weighted by Gasteiger charge is -2.31. The molecule has 1 aliphatic rings. The fraction of sp³-hybridized carbons (Fsp3) is 0.333. The predicted octanol–water partition coefficient (Wildman–Crippen LogP) is 3.75. The Morgan fingerprint density at radius 1 is 1.00 bits per heavy atom. The molecule has 0 saturated carbocycles. The highest BCUT2D eigenvalue weighted by atomic mass is 16.5. The molecule has 3 rings (SSSR count). The fourth-order valence-corrected chi connectivity index (χ4v) is 2.91. The third-order valence-corrected chi connectivity index (χ3v) is 3.91. The summed E-state index contributed by atoms with van der Waals surface area (Å²) in [7, 11) is 3.33. The maximum absolute atomic E-state index is 6.18. The van der Waals surface area contributed by atoms with E-state index < -0.39 is 0 Å². The second kappa shape index (κ2) is 5.78. The van der Waals surface area contributed by atoms with Crippen LogP contribution in [-0.4, -0.2) is 20.3 Å². The minimum absolute atomic E-state index is 0.0512. The Balaban J connectivity index is 2.11. The molecule has 0 radical (unpaired) electrons. The van der Waals surface area contributed by atoms with E-state index in [9.17, 15) is 0 Å². The van der Waals surface area contributed by atoms with Gasteiger partial charge in [-0.1, -0.05) is 30.3 Å². The van der Waals surface area contributed by atoms with Crippen LogP contribution in [-0.2, 0) is 11.2 Å². The van der Waals surface area contributed by atoms with Gasteiger partial charge in [-0.3, -0.25) is 0 Å². The number of hydrogen-bond acceptors (Lipinski definition) is 3. The Morgan fingerprint density at radius 2 is 1.67 bits per heavy atom. The van der Waals surface area contributed by atoms with Gasteiger partial charge in [0.05, 0.1) is 20.3 Å². The van der Waals surface area contributed by atoms with Gasteiger partial charge in [0.15, 0.2) is 11.5 Å². The van der Waals surface area contributed by atoms with Crippen LogP contribution in [0.4, 0.5) is 0 Å². The smallest absolute Gasteiger partial charge is 0.161 e. The summed E-state index contributed by atoms with van der Waals surface area (Å²) in [6.07, 6.45) is 1.02. The monoisotopic (exact) mass is 284 g/mol. The summed E-state index contributed by atoms with van der Waals surface area (Å²) in [5.41, 5.74) is 3.59. The van der Waals surface area contributed by atoms with Gasteiger partial charge < -0.3 is 14.2 Å². The zero-order valence-corrected chi connectivity index (χ0v) is 12.6. The molecule has 0 amide bonds. The second-order valence-electron chi connectivity index (χ2n) is 5.35. The maximum atomic E-state index is 6.18. The molecule has 2 atom stereocenters. The first-order chi connectivity index (χ1) is 10.2. The van der Waals surface area contributed by atoms with E-state index in [0.29, 0.717) is 0 Å². The van der Waals surface area contributed by atoms with Crippen LogP contribution in [0.15, 0.2) is 42.5 Å². The molecule has 0 fully saturated rings. The van der Waals surface area contributed by atoms with Crippen molar-refractivity contribution in [2.24, 2.45) is 0 Å². The molecule has 110 valence electrons. The summed E-state index contributed by atoms with van der Waals surface area (Å²) in [6.45, 7) is 2.11. The lowest BCUT2D eigenvalue weighted by molar-refractivity contribution is 0.00706. The summed E-state index contributed by atoms with van der Waals surface area (Å²) in [4.78, 5) is 0. The van der Waals surface area contributed by atoms with Gasteiger partial charge in [0.2, 0.25) is 0 Å². The van der Waals surface area contributed by atoms with E-state index in [1.807, 2.05) is 24.3 Å². The van der Waals surface area contributed by atoms with Crippen molar-refractivity contribution in [3.05, 3.63) is 59.2 Å². The molecule has 3 nitrogen and oxygen atoms in total. The predicted molar refractivity (Wildman–Crippen MR) is 82.1 cm³/mol. The SMILES string of the molecule is COc1cc2c(cc1OC)[C@H](c1ccccc1)O[C@H](C)C2. The topological polar surface area (TPSA) is 27.7 Å². The van der Waals surface area contributed by atoms with Gasteiger partial charge in [0.1, 0.15) is 6.10 Å². The van der Waals surface area contributed by atoms with Gasteiger partial charge in [-0.15, -0.1) is 0 Å². The molecule has 0 aliphatic carbocycles. The zero-order chi connectivity index (χ0) is 14.8. The van der Waals surface area contributed by atoms with Crippen molar-refractivity contribution >= 4 is 0 Å². The van der Waals surface area contributed by atoms with E-state index in [4.69, 9.17) is 14.2 Å². The molecule has 0 bridgehead atoms. The average molecular weight is 284 g/mol. The van der Waals surface area contributed by atoms with Crippen LogP contribution in [0.1, 0.15) is 29.7 Å². The first-order valence-corrected chi connectivity index (χ1v) is 7.18. The van der Waals surface area contributed by atoms with E-state index >= 15 is 0 Å². The van der Waals surface area contributed by atoms with E-state index in [2.05, 4.69) is 25.1 Å². The van der Waals surface area contributed by atoms with Gasteiger partial charge in [0.25, 0.3) is 0 Å². The van der Waals surface area contributed by atoms with Crippen molar-refractivity contribution in [2.75, 3.05) is 14.2 Å². The van der Waals surface area contributed by atoms with Crippen molar-refractivity contribution in [2.45, 2.75) is 25.6 Å². The van der Waals surface area contributed by atoms with Crippen molar-refractivity contribution in [1.82, 2.24) is 0 Å². The molecule has 1 aliphatic heterocycles. The van der Waals surface area contributed by atoms with Crippen LogP contribution < -0.4 is 9.47 Å². The van der Waals surface area contributed by atoms with Crippen molar-refractivity contribution in [3.8, 4) is 11.5 Å². The summed E-state index contributed by atoms with van der Waals surface area (Å²) in [6, 6.07) is 14.4. The fourth-order valence-electron chi connectivity index (χ4n) is 2.91. The van der Waals surface area contributed by atoms with Gasteiger partial charge in [-0.05, 0) is 42.2 Å². The third-order valence-electron chi connectivity index (χ3n) is 3.91. The normalized spacial score (nSPS) is 20.7. The summed E-state index contributed by atoms with van der Waals surface area (Å²) in [5.74, 6) is 1.52. The molecule has 2 aromatic rings. The average Bonchev–Trinajstić information content (AvgIpc) is 2.53. The van der Waals surface area contributed by atoms with Gasteiger partial charge in [0, 0.05) is 0 Å². The Kier molecular flexibility index (Phi) is 3.84. The summed E-state index contributed by atoms with van der Waals surface area (Å²) in [5, 5.41) is 0. The highest BCUT2D eigenvalue weighted by Gasteiger charge is 2.28. The molecule has 0 unspecified atom stereocenters. The van der Waals surface area contributed by atoms with Crippen LogP contribution in [0.3, 0.4) is 0 Å². The quantitative estimate of drug-likeness (QED) is 0.859. The number of fused-ring (bicyclic) bond motifs is 1. The summed E-state index contributed by atoms with van der Waals surface area (Å²) < 4.78 is 17.0. The Hall–Kier alpha value is -2.00. The molecular weight excluding hydrogens is 264 g/mol. The Labute approximate surface area is 125 Å². The van der Waals surface area contributed by atoms with Crippen LogP contribution in [0, 0.1) is 0 Å². The van der Waals surface area contributed by atoms with E-state index in [1.54, 1.807) is 14.2 Å². The van der Waals surface area contributed by atoms with Crippen molar-refractivity contribution in [1.29, 1.82) is 0 Å². The number of hydrogen-bond donors (Lipinski definition) is 0. The maximum Gasteiger partial charge on any atom is 0.161 e. The van der Waals surface area contributed by atoms with E-state index in [1.165, 1.54) is 5.56 Å². The Bertz CT molecular complexity index is 622. The third kappa shape index (κ3) is 2.61. The van der Waals surface area contributed by atoms with Gasteiger partial charge in [-0.25, -0.2) is 0 Å². The Morgan fingerprint density at radius 3 is 2.33 bits per heavy atom. The standard InChI is InChI=1S/C18H20O3/c1-12-9-14-10-16(19-2)17(20-3)11-15(14)18(21-12)13-7-5-4-6-8-13/h4-8,10-12,18H,9H2,1-3H3/t12-,18+/m1/s1. The largest absolute Gasteiger partial charge is 0.493 e. The molecule has 0 spiro atoms. The molecule has 0 saturated heterocycles. The lowest BCUT2D eigenvalue weighted by atomic mass is 9.90. The van der Waals surface area contributed by atoms with Gasteiger partial charge >= 0.3 is 0 Å². The molecule has 1 heterocycles. The van der Waals surface area contributed by atoms with Crippen LogP contribution in [0.2, 0.25) is 0 Å². The number of benzene rings is 2. The minimum atomic E-state index is -0.0512. The zero-order valence-electron chi connectivity index (χ0n) is 12.6. The number of rotatable bonds is 3. The van der Waals surface area contributed by atoms with Crippen molar-refractivity contribution in [3.63, 3.8) is 0 Å². The van der Waals surface area contributed by atoms with Crippen molar-refractivity contribution < 1.29 is 14.2 Å². The molecule has 21 heavy (non-hydrogen) atoms. The number of methoxy groups -OCH3 is 2. The summed E-state index contributed by atoms with van der Waals surface area (Å²) >= 11 is 0. The molecular formula is C18H20O3. The second-order valence-corrected chi connectivity index (χ2v) is 5.35. The highest BCUT2D eigenvalue weighted by molar-refractivity contribution is 5.51. The highest BCUT2D eigenvalue weighted by Crippen LogP contribution is 2.40. The minimum Gasteiger partial charge on any atom is -0.493 e. The first kappa shape index (κ1) is 14.0. The lowest BCUT2D eigenvalue weighted by Crippen LogP contribution is -2.24.